The number of nitrogens with one attached hydrogen (secondary N) is 1. The lowest BCUT2D eigenvalue weighted by atomic mass is 10.2. The molecule has 0 saturated carbocycles. The normalized spacial score (nSPS) is 9.82. The smallest absolute Gasteiger partial charge is 0.228 e. The molecule has 1 aromatic heterocycles. The first kappa shape index (κ1) is 11.0. The minimum Gasteiger partial charge on any atom is -0.398 e. The molecule has 0 atom stereocenters. The summed E-state index contributed by atoms with van der Waals surface area (Å²) in [6.07, 6.45) is 2.00. The molecule has 0 unspecified atom stereocenters. The highest BCUT2D eigenvalue weighted by Gasteiger charge is 2.01. The van der Waals surface area contributed by atoms with Gasteiger partial charge in [-0.2, -0.15) is 10.2 Å². The van der Waals surface area contributed by atoms with Gasteiger partial charge in [0.1, 0.15) is 6.07 Å². The molecule has 3 N–H and O–H groups in total. The zero-order chi connectivity index (χ0) is 12.1. The molecule has 0 aliphatic rings. The van der Waals surface area contributed by atoms with Crippen LogP contribution in [0.15, 0.2) is 29.0 Å². The standard InChI is InChI=1S/C11H11N5O/c12-6-8-5-9(1-2-10(8)13)14-4-3-11-15-7-16-17-11/h1-2,5,7,14H,3-4,13H2. The molecule has 2 rings (SSSR count). The van der Waals surface area contributed by atoms with Crippen LogP contribution < -0.4 is 11.1 Å². The second-order valence-corrected chi connectivity index (χ2v) is 3.43. The van der Waals surface area contributed by atoms with E-state index in [0.29, 0.717) is 30.1 Å². The molecule has 0 spiro atoms. The Morgan fingerprint density at radius 3 is 3.06 bits per heavy atom. The Morgan fingerprint density at radius 1 is 1.47 bits per heavy atom. The van der Waals surface area contributed by atoms with E-state index in [-0.39, 0.29) is 0 Å². The number of hydrogen-bond acceptors (Lipinski definition) is 6. The third kappa shape index (κ3) is 2.72. The van der Waals surface area contributed by atoms with E-state index in [1.807, 2.05) is 12.1 Å². The molecule has 17 heavy (non-hydrogen) atoms. The summed E-state index contributed by atoms with van der Waals surface area (Å²) in [5.41, 5.74) is 7.41. The second kappa shape index (κ2) is 4.99. The molecule has 6 nitrogen and oxygen atoms in total. The van der Waals surface area contributed by atoms with Gasteiger partial charge in [0.05, 0.1) is 5.56 Å². The van der Waals surface area contributed by atoms with Crippen LogP contribution in [0, 0.1) is 11.3 Å². The van der Waals surface area contributed by atoms with Crippen molar-refractivity contribution in [1.82, 2.24) is 10.1 Å². The van der Waals surface area contributed by atoms with Gasteiger partial charge in [-0.15, -0.1) is 0 Å². The van der Waals surface area contributed by atoms with Gasteiger partial charge in [0.15, 0.2) is 6.33 Å². The summed E-state index contributed by atoms with van der Waals surface area (Å²) in [6.45, 7) is 0.650. The summed E-state index contributed by atoms with van der Waals surface area (Å²) < 4.78 is 4.86. The minimum atomic E-state index is 0.466. The third-order valence-corrected chi connectivity index (χ3v) is 2.25. The molecule has 0 aliphatic heterocycles. The number of rotatable bonds is 4. The van der Waals surface area contributed by atoms with Gasteiger partial charge in [0, 0.05) is 24.3 Å². The van der Waals surface area contributed by atoms with Gasteiger partial charge in [-0.3, -0.25) is 0 Å². The Morgan fingerprint density at radius 2 is 2.35 bits per heavy atom. The van der Waals surface area contributed by atoms with Crippen LogP contribution in [-0.2, 0) is 6.42 Å². The number of benzene rings is 1. The van der Waals surface area contributed by atoms with Crippen LogP contribution >= 0.6 is 0 Å². The lowest BCUT2D eigenvalue weighted by molar-refractivity contribution is 0.380. The molecule has 86 valence electrons. The van der Waals surface area contributed by atoms with Gasteiger partial charge in [0.2, 0.25) is 5.89 Å². The van der Waals surface area contributed by atoms with Gasteiger partial charge in [0.25, 0.3) is 0 Å². The van der Waals surface area contributed by atoms with Crippen molar-refractivity contribution in [2.45, 2.75) is 6.42 Å². The van der Waals surface area contributed by atoms with Crippen molar-refractivity contribution < 1.29 is 4.52 Å². The average molecular weight is 229 g/mol. The number of nitrogen functional groups attached to an aromatic ring is 1. The Kier molecular flexibility index (Phi) is 3.21. The van der Waals surface area contributed by atoms with Crippen molar-refractivity contribution in [2.24, 2.45) is 0 Å². The van der Waals surface area contributed by atoms with Gasteiger partial charge < -0.3 is 15.6 Å². The fraction of sp³-hybridized carbons (Fsp3) is 0.182. The molecule has 0 bridgehead atoms. The highest BCUT2D eigenvalue weighted by Crippen LogP contribution is 2.16. The van der Waals surface area contributed by atoms with E-state index in [4.69, 9.17) is 15.5 Å². The van der Waals surface area contributed by atoms with E-state index >= 15 is 0 Å². The predicted molar refractivity (Wildman–Crippen MR) is 62.1 cm³/mol. The van der Waals surface area contributed by atoms with Crippen LogP contribution in [0.3, 0.4) is 0 Å². The van der Waals surface area contributed by atoms with Crippen LogP contribution in [0.4, 0.5) is 11.4 Å². The van der Waals surface area contributed by atoms with Crippen LogP contribution in [0.5, 0.6) is 0 Å². The Bertz CT molecular complexity index is 529. The van der Waals surface area contributed by atoms with E-state index in [2.05, 4.69) is 15.5 Å². The predicted octanol–water partition coefficient (Wildman–Crippen LogP) is 1.18. The van der Waals surface area contributed by atoms with Crippen molar-refractivity contribution in [3.63, 3.8) is 0 Å². The topological polar surface area (TPSA) is 101 Å². The fourth-order valence-corrected chi connectivity index (χ4v) is 1.38. The van der Waals surface area contributed by atoms with Crippen LogP contribution in [-0.4, -0.2) is 16.7 Å². The first-order valence-corrected chi connectivity index (χ1v) is 5.08. The van der Waals surface area contributed by atoms with Crippen molar-refractivity contribution in [2.75, 3.05) is 17.6 Å². The van der Waals surface area contributed by atoms with E-state index in [0.717, 1.165) is 5.69 Å². The van der Waals surface area contributed by atoms with Crippen LogP contribution in [0.2, 0.25) is 0 Å². The Hall–Kier alpha value is -2.55. The number of nitrogens with zero attached hydrogens (tertiary/aromatic N) is 3. The summed E-state index contributed by atoms with van der Waals surface area (Å²) >= 11 is 0. The zero-order valence-corrected chi connectivity index (χ0v) is 9.05. The number of nitrogens with two attached hydrogens (primary N) is 1. The molecule has 1 heterocycles. The van der Waals surface area contributed by atoms with E-state index in [9.17, 15) is 0 Å². The maximum atomic E-state index is 8.83. The Balaban J connectivity index is 1.93. The van der Waals surface area contributed by atoms with Crippen molar-refractivity contribution >= 4 is 11.4 Å². The molecule has 0 radical (unpaired) electrons. The largest absolute Gasteiger partial charge is 0.398 e. The van der Waals surface area contributed by atoms with Crippen molar-refractivity contribution in [3.05, 3.63) is 36.0 Å². The minimum absolute atomic E-state index is 0.466. The van der Waals surface area contributed by atoms with Crippen molar-refractivity contribution in [1.29, 1.82) is 5.26 Å². The molecule has 0 amide bonds. The number of hydrogen-bond donors (Lipinski definition) is 2. The number of anilines is 2. The molecule has 6 heteroatoms. The second-order valence-electron chi connectivity index (χ2n) is 3.43. The molecular weight excluding hydrogens is 218 g/mol. The van der Waals surface area contributed by atoms with Gasteiger partial charge in [-0.25, -0.2) is 0 Å². The first-order chi connectivity index (χ1) is 8.29. The molecule has 0 saturated heterocycles. The van der Waals surface area contributed by atoms with Crippen LogP contribution in [0.1, 0.15) is 11.5 Å². The summed E-state index contributed by atoms with van der Waals surface area (Å²) in [5, 5.41) is 15.5. The summed E-state index contributed by atoms with van der Waals surface area (Å²) in [7, 11) is 0. The number of aromatic nitrogens is 2. The molecule has 0 aliphatic carbocycles. The van der Waals surface area contributed by atoms with Gasteiger partial charge in [-0.05, 0) is 18.2 Å². The van der Waals surface area contributed by atoms with E-state index in [1.54, 1.807) is 12.1 Å². The van der Waals surface area contributed by atoms with E-state index < -0.39 is 0 Å². The summed E-state index contributed by atoms with van der Waals surface area (Å²) in [5.74, 6) is 0.577. The number of nitriles is 1. The fourth-order valence-electron chi connectivity index (χ4n) is 1.38. The lowest BCUT2D eigenvalue weighted by Gasteiger charge is -2.06. The van der Waals surface area contributed by atoms with E-state index in [1.165, 1.54) is 6.33 Å². The maximum Gasteiger partial charge on any atom is 0.228 e. The summed E-state index contributed by atoms with van der Waals surface area (Å²) in [4.78, 5) is 3.91. The summed E-state index contributed by atoms with van der Waals surface area (Å²) in [6, 6.07) is 7.27. The first-order valence-electron chi connectivity index (χ1n) is 5.08. The Labute approximate surface area is 98.1 Å². The molecular formula is C11H11N5O. The highest BCUT2D eigenvalue weighted by molar-refractivity contribution is 5.61. The molecule has 0 fully saturated rings. The maximum absolute atomic E-state index is 8.83. The van der Waals surface area contributed by atoms with Crippen molar-refractivity contribution in [3.8, 4) is 6.07 Å². The third-order valence-electron chi connectivity index (χ3n) is 2.25. The van der Waals surface area contributed by atoms with Gasteiger partial charge in [-0.1, -0.05) is 5.16 Å². The average Bonchev–Trinajstić information content (AvgIpc) is 2.84. The SMILES string of the molecule is N#Cc1cc(NCCc2ncno2)ccc1N. The van der Waals surface area contributed by atoms with Gasteiger partial charge >= 0.3 is 0 Å². The quantitative estimate of drug-likeness (QED) is 0.763. The lowest BCUT2D eigenvalue weighted by Crippen LogP contribution is -2.05. The highest BCUT2D eigenvalue weighted by atomic mass is 16.5. The molecule has 2 aromatic rings. The van der Waals surface area contributed by atoms with Crippen LogP contribution in [0.25, 0.3) is 0 Å². The molecule has 1 aromatic carbocycles. The zero-order valence-electron chi connectivity index (χ0n) is 9.05. The monoisotopic (exact) mass is 229 g/mol.